The lowest BCUT2D eigenvalue weighted by Gasteiger charge is -2.41. The normalized spacial score (nSPS) is 47.8. The van der Waals surface area contributed by atoms with E-state index in [0.717, 1.165) is 32.0 Å². The molecule has 2 aliphatic heterocycles. The number of β-amino-alcohol motifs (C(OH)–C–C–N with tert-alkyl or cyclic N) is 1. The minimum atomic E-state index is -0.639. The van der Waals surface area contributed by atoms with E-state index in [-0.39, 0.29) is 5.41 Å². The molecule has 0 aromatic carbocycles. The fraction of sp³-hybridized carbons (Fsp3) is 1.00. The highest BCUT2D eigenvalue weighted by molar-refractivity contribution is 5.10. The van der Waals surface area contributed by atoms with Crippen LogP contribution in [0.15, 0.2) is 0 Å². The van der Waals surface area contributed by atoms with Crippen LogP contribution in [0, 0.1) is 5.41 Å². The van der Waals surface area contributed by atoms with Gasteiger partial charge in [0.15, 0.2) is 0 Å². The van der Waals surface area contributed by atoms with Crippen LogP contribution in [0.3, 0.4) is 0 Å². The zero-order chi connectivity index (χ0) is 12.1. The van der Waals surface area contributed by atoms with Crippen LogP contribution in [0.1, 0.15) is 32.6 Å². The van der Waals surface area contributed by atoms with Crippen LogP contribution in [-0.4, -0.2) is 54.0 Å². The Balaban J connectivity index is 1.81. The topological polar surface area (TPSA) is 58.7 Å². The molecule has 2 heterocycles. The average Bonchev–Trinajstić information content (AvgIpc) is 2.92. The van der Waals surface area contributed by atoms with Gasteiger partial charge in [-0.25, -0.2) is 0 Å². The minimum absolute atomic E-state index is 0.203. The van der Waals surface area contributed by atoms with E-state index in [9.17, 15) is 5.11 Å². The van der Waals surface area contributed by atoms with Gasteiger partial charge in [-0.15, -0.1) is 0 Å². The van der Waals surface area contributed by atoms with Crippen molar-refractivity contribution in [3.63, 3.8) is 0 Å². The van der Waals surface area contributed by atoms with Gasteiger partial charge >= 0.3 is 0 Å². The molecule has 0 spiro atoms. The second kappa shape index (κ2) is 3.92. The van der Waals surface area contributed by atoms with Crippen molar-refractivity contribution in [1.82, 2.24) is 4.90 Å². The van der Waals surface area contributed by atoms with Crippen LogP contribution >= 0.6 is 0 Å². The number of rotatable bonds is 3. The highest BCUT2D eigenvalue weighted by Gasteiger charge is 2.58. The van der Waals surface area contributed by atoms with Crippen molar-refractivity contribution >= 4 is 0 Å². The number of aliphatic hydroxyl groups is 1. The summed E-state index contributed by atoms with van der Waals surface area (Å²) in [5.74, 6) is 0. The molecule has 98 valence electrons. The van der Waals surface area contributed by atoms with Crippen molar-refractivity contribution < 1.29 is 9.84 Å². The van der Waals surface area contributed by atoms with Gasteiger partial charge in [-0.05, 0) is 32.6 Å². The molecule has 3 aliphatic rings. The number of nitrogens with two attached hydrogens (primary N) is 1. The fourth-order valence-electron chi connectivity index (χ4n) is 3.73. The first-order valence-electron chi connectivity index (χ1n) is 6.86. The van der Waals surface area contributed by atoms with Gasteiger partial charge in [-0.3, -0.25) is 4.90 Å². The third-order valence-electron chi connectivity index (χ3n) is 5.14. The molecule has 3 N–H and O–H groups in total. The Labute approximate surface area is 103 Å². The van der Waals surface area contributed by atoms with Crippen molar-refractivity contribution in [3.05, 3.63) is 0 Å². The van der Waals surface area contributed by atoms with Crippen LogP contribution in [0.5, 0.6) is 0 Å². The highest BCUT2D eigenvalue weighted by atomic mass is 16.5. The molecule has 0 amide bonds. The predicted molar refractivity (Wildman–Crippen MR) is 65.7 cm³/mol. The van der Waals surface area contributed by atoms with Crippen LogP contribution in [-0.2, 0) is 4.74 Å². The zero-order valence-corrected chi connectivity index (χ0v) is 10.7. The molecule has 4 heteroatoms. The molecular formula is C13H24N2O2. The maximum absolute atomic E-state index is 11.1. The van der Waals surface area contributed by atoms with Crippen molar-refractivity contribution in [1.29, 1.82) is 0 Å². The number of ether oxygens (including phenoxy) is 1. The molecule has 1 saturated carbocycles. The molecule has 3 atom stereocenters. The molecule has 0 bridgehead atoms. The zero-order valence-electron chi connectivity index (χ0n) is 10.7. The summed E-state index contributed by atoms with van der Waals surface area (Å²) in [6.07, 6.45) is 4.36. The summed E-state index contributed by atoms with van der Waals surface area (Å²) in [6.45, 7) is 4.94. The molecule has 1 aliphatic carbocycles. The smallest absolute Gasteiger partial charge is 0.0879 e. The van der Waals surface area contributed by atoms with E-state index in [2.05, 4.69) is 11.8 Å². The molecule has 17 heavy (non-hydrogen) atoms. The Morgan fingerprint density at radius 1 is 1.47 bits per heavy atom. The quantitative estimate of drug-likeness (QED) is 0.747. The summed E-state index contributed by atoms with van der Waals surface area (Å²) in [5, 5.41) is 11.1. The van der Waals surface area contributed by atoms with Gasteiger partial charge < -0.3 is 15.6 Å². The van der Waals surface area contributed by atoms with Crippen LogP contribution in [0.2, 0.25) is 0 Å². The number of likely N-dealkylation sites (tertiary alicyclic amines) is 1. The second-order valence-corrected chi connectivity index (χ2v) is 6.28. The van der Waals surface area contributed by atoms with E-state index in [1.165, 1.54) is 12.8 Å². The average molecular weight is 240 g/mol. The lowest BCUT2D eigenvalue weighted by atomic mass is 9.70. The Morgan fingerprint density at radius 3 is 2.76 bits per heavy atom. The van der Waals surface area contributed by atoms with Crippen LogP contribution < -0.4 is 5.73 Å². The van der Waals surface area contributed by atoms with Gasteiger partial charge in [0.05, 0.1) is 12.2 Å². The van der Waals surface area contributed by atoms with Gasteiger partial charge in [0.25, 0.3) is 0 Å². The molecule has 3 rings (SSSR count). The minimum Gasteiger partial charge on any atom is -0.388 e. The Morgan fingerprint density at radius 2 is 2.24 bits per heavy atom. The molecular weight excluding hydrogens is 216 g/mol. The fourth-order valence-corrected chi connectivity index (χ4v) is 3.73. The van der Waals surface area contributed by atoms with Gasteiger partial charge in [0.2, 0.25) is 0 Å². The maximum Gasteiger partial charge on any atom is 0.0879 e. The Kier molecular flexibility index (Phi) is 2.74. The lowest BCUT2D eigenvalue weighted by molar-refractivity contribution is -0.0745. The van der Waals surface area contributed by atoms with Crippen LogP contribution in [0.4, 0.5) is 0 Å². The number of hydrogen-bond donors (Lipinski definition) is 2. The van der Waals surface area contributed by atoms with E-state index >= 15 is 0 Å². The molecule has 4 nitrogen and oxygen atoms in total. The summed E-state index contributed by atoms with van der Waals surface area (Å²) >= 11 is 0. The summed E-state index contributed by atoms with van der Waals surface area (Å²) in [5.41, 5.74) is 5.12. The first kappa shape index (κ1) is 11.9. The summed E-state index contributed by atoms with van der Waals surface area (Å²) in [6, 6.07) is 1.20. The third kappa shape index (κ3) is 1.73. The monoisotopic (exact) mass is 240 g/mol. The van der Waals surface area contributed by atoms with E-state index in [0.29, 0.717) is 19.2 Å². The maximum atomic E-state index is 11.1. The standard InChI is InChI=1S/C13H24N2O2/c1-10-6-13(16,8-15(10)11-2-3-11)12(7-14)4-5-17-9-12/h10-11,16H,2-9,14H2,1H3. The molecule has 0 aromatic rings. The number of nitrogens with zero attached hydrogens (tertiary/aromatic N) is 1. The molecule has 3 unspecified atom stereocenters. The Hall–Kier alpha value is -0.160. The van der Waals surface area contributed by atoms with E-state index in [1.54, 1.807) is 0 Å². The van der Waals surface area contributed by atoms with Gasteiger partial charge in [0.1, 0.15) is 0 Å². The molecule has 2 saturated heterocycles. The predicted octanol–water partition coefficient (Wildman–Crippen LogP) is 0.340. The largest absolute Gasteiger partial charge is 0.388 e. The van der Waals surface area contributed by atoms with Gasteiger partial charge in [-0.2, -0.15) is 0 Å². The van der Waals surface area contributed by atoms with Crippen molar-refractivity contribution in [2.24, 2.45) is 11.1 Å². The van der Waals surface area contributed by atoms with E-state index < -0.39 is 5.60 Å². The van der Waals surface area contributed by atoms with Crippen molar-refractivity contribution in [2.75, 3.05) is 26.3 Å². The Bertz CT molecular complexity index is 300. The van der Waals surface area contributed by atoms with Crippen molar-refractivity contribution in [3.8, 4) is 0 Å². The summed E-state index contributed by atoms with van der Waals surface area (Å²) in [4.78, 5) is 2.48. The first-order chi connectivity index (χ1) is 8.10. The first-order valence-corrected chi connectivity index (χ1v) is 6.86. The summed E-state index contributed by atoms with van der Waals surface area (Å²) in [7, 11) is 0. The van der Waals surface area contributed by atoms with E-state index in [1.807, 2.05) is 0 Å². The molecule has 0 radical (unpaired) electrons. The number of hydrogen-bond acceptors (Lipinski definition) is 4. The summed E-state index contributed by atoms with van der Waals surface area (Å²) < 4.78 is 5.52. The third-order valence-corrected chi connectivity index (χ3v) is 5.14. The second-order valence-electron chi connectivity index (χ2n) is 6.28. The van der Waals surface area contributed by atoms with E-state index in [4.69, 9.17) is 10.5 Å². The van der Waals surface area contributed by atoms with Crippen LogP contribution in [0.25, 0.3) is 0 Å². The highest BCUT2D eigenvalue weighted by Crippen LogP contribution is 2.48. The SMILES string of the molecule is CC1CC(O)(C2(CN)CCOC2)CN1C1CC1. The van der Waals surface area contributed by atoms with Gasteiger partial charge in [-0.1, -0.05) is 0 Å². The lowest BCUT2D eigenvalue weighted by Crippen LogP contribution is -2.55. The molecule has 0 aromatic heterocycles. The van der Waals surface area contributed by atoms with Gasteiger partial charge in [0, 0.05) is 37.2 Å². The molecule has 3 fully saturated rings. The van der Waals surface area contributed by atoms with Crippen molar-refractivity contribution in [2.45, 2.75) is 50.3 Å².